The molecule has 0 N–H and O–H groups in total. The van der Waals surface area contributed by atoms with E-state index in [4.69, 9.17) is 4.74 Å². The lowest BCUT2D eigenvalue weighted by Gasteiger charge is -2.16. The molecule has 1 aromatic carbocycles. The van der Waals surface area contributed by atoms with Gasteiger partial charge in [0, 0.05) is 13.2 Å². The number of carbonyl (C=O) groups is 2. The van der Waals surface area contributed by atoms with Gasteiger partial charge in [0.1, 0.15) is 5.82 Å². The molecule has 0 bridgehead atoms. The average molecular weight is 344 g/mol. The third-order valence-electron chi connectivity index (χ3n) is 3.11. The molecule has 0 spiro atoms. The third-order valence-corrected chi connectivity index (χ3v) is 3.72. The Morgan fingerprint density at radius 2 is 2.05 bits per heavy atom. The minimum absolute atomic E-state index is 0.179. The first kappa shape index (κ1) is 15.1. The van der Waals surface area contributed by atoms with Crippen molar-refractivity contribution >= 4 is 33.3 Å². The summed E-state index contributed by atoms with van der Waals surface area (Å²) in [6.07, 6.45) is 1.98. The number of ketones is 1. The van der Waals surface area contributed by atoms with Gasteiger partial charge in [-0.1, -0.05) is 13.3 Å². The first-order valence-corrected chi connectivity index (χ1v) is 7.28. The Morgan fingerprint density at radius 1 is 1.30 bits per heavy atom. The van der Waals surface area contributed by atoms with Gasteiger partial charge in [0.2, 0.25) is 0 Å². The molecular formula is C14H15BrFNO3. The molecule has 0 saturated carbocycles. The molecule has 1 aliphatic heterocycles. The van der Waals surface area contributed by atoms with Crippen molar-refractivity contribution in [2.24, 2.45) is 0 Å². The van der Waals surface area contributed by atoms with Crippen LogP contribution < -0.4 is 4.90 Å². The summed E-state index contributed by atoms with van der Waals surface area (Å²) >= 11 is 3.02. The zero-order valence-electron chi connectivity index (χ0n) is 11.1. The fourth-order valence-corrected chi connectivity index (χ4v) is 2.36. The van der Waals surface area contributed by atoms with E-state index in [1.165, 1.54) is 17.0 Å². The van der Waals surface area contributed by atoms with Crippen molar-refractivity contribution in [3.05, 3.63) is 28.0 Å². The maximum Gasteiger partial charge on any atom is 0.299 e. The average Bonchev–Trinajstić information content (AvgIpc) is 2.64. The predicted octanol–water partition coefficient (Wildman–Crippen LogP) is 2.93. The van der Waals surface area contributed by atoms with Crippen LogP contribution in [0.5, 0.6) is 0 Å². The molecule has 1 amide bonds. The highest BCUT2D eigenvalue weighted by Gasteiger charge is 2.36. The smallest absolute Gasteiger partial charge is 0.299 e. The lowest BCUT2D eigenvalue weighted by Crippen LogP contribution is -2.33. The number of hydrogen-bond acceptors (Lipinski definition) is 3. The summed E-state index contributed by atoms with van der Waals surface area (Å²) in [5.74, 6) is -1.73. The van der Waals surface area contributed by atoms with E-state index in [0.29, 0.717) is 18.9 Å². The fraction of sp³-hybridized carbons (Fsp3) is 0.429. The molecule has 1 aliphatic rings. The van der Waals surface area contributed by atoms with E-state index in [1.807, 2.05) is 0 Å². The molecule has 4 nitrogen and oxygen atoms in total. The van der Waals surface area contributed by atoms with E-state index < -0.39 is 17.5 Å². The number of hydrogen-bond donors (Lipinski definition) is 0. The zero-order chi connectivity index (χ0) is 14.7. The number of fused-ring (bicyclic) bond motifs is 1. The van der Waals surface area contributed by atoms with Gasteiger partial charge in [-0.2, -0.15) is 0 Å². The molecule has 6 heteroatoms. The molecule has 0 radical (unpaired) electrons. The number of anilines is 1. The maximum absolute atomic E-state index is 13.6. The van der Waals surface area contributed by atoms with Crippen LogP contribution in [-0.2, 0) is 9.53 Å². The van der Waals surface area contributed by atoms with E-state index in [-0.39, 0.29) is 16.6 Å². The molecular weight excluding hydrogens is 329 g/mol. The fourth-order valence-electron chi connectivity index (χ4n) is 2.01. The maximum atomic E-state index is 13.6. The summed E-state index contributed by atoms with van der Waals surface area (Å²) in [5.41, 5.74) is 0.552. The summed E-state index contributed by atoms with van der Waals surface area (Å²) < 4.78 is 19.1. The van der Waals surface area contributed by atoms with Crippen molar-refractivity contribution in [1.29, 1.82) is 0 Å². The van der Waals surface area contributed by atoms with Crippen LogP contribution in [0.15, 0.2) is 16.6 Å². The monoisotopic (exact) mass is 343 g/mol. The van der Waals surface area contributed by atoms with E-state index >= 15 is 0 Å². The number of unbranched alkanes of at least 4 members (excludes halogenated alkanes) is 1. The van der Waals surface area contributed by atoms with Crippen LogP contribution in [0.1, 0.15) is 30.1 Å². The van der Waals surface area contributed by atoms with Gasteiger partial charge < -0.3 is 9.64 Å². The quantitative estimate of drug-likeness (QED) is 0.589. The largest absolute Gasteiger partial charge is 0.380 e. The highest BCUT2D eigenvalue weighted by atomic mass is 79.9. The first-order valence-electron chi connectivity index (χ1n) is 6.49. The van der Waals surface area contributed by atoms with E-state index in [9.17, 15) is 14.0 Å². The molecule has 0 unspecified atom stereocenters. The molecule has 0 saturated heterocycles. The van der Waals surface area contributed by atoms with Crippen molar-refractivity contribution in [3.63, 3.8) is 0 Å². The minimum atomic E-state index is -0.628. The number of carbonyl (C=O) groups excluding carboxylic acids is 2. The molecule has 20 heavy (non-hydrogen) atoms. The SMILES string of the molecule is CCCCOCCN1C(=O)C(=O)c2cc(Br)c(F)cc21. The van der Waals surface area contributed by atoms with Crippen LogP contribution in [0.4, 0.5) is 10.1 Å². The third kappa shape index (κ3) is 2.91. The van der Waals surface area contributed by atoms with E-state index in [1.54, 1.807) is 0 Å². The second-order valence-electron chi connectivity index (χ2n) is 4.54. The standard InChI is InChI=1S/C14H15BrFNO3/c1-2-3-5-20-6-4-17-12-8-11(16)10(15)7-9(12)13(18)14(17)19/h7-8H,2-6H2,1H3. The van der Waals surface area contributed by atoms with Crippen LogP contribution in [0.2, 0.25) is 0 Å². The molecule has 0 aromatic heterocycles. The van der Waals surface area contributed by atoms with Crippen LogP contribution in [0.3, 0.4) is 0 Å². The van der Waals surface area contributed by atoms with Gasteiger partial charge in [0.25, 0.3) is 11.7 Å². The van der Waals surface area contributed by atoms with Gasteiger partial charge in [-0.15, -0.1) is 0 Å². The van der Waals surface area contributed by atoms with Gasteiger partial charge in [0.05, 0.1) is 22.3 Å². The molecule has 0 aliphatic carbocycles. The number of Topliss-reactive ketones (excluding diaryl/α,β-unsaturated/α-hetero) is 1. The Morgan fingerprint density at radius 3 is 2.75 bits per heavy atom. The van der Waals surface area contributed by atoms with Gasteiger partial charge in [-0.05, 0) is 34.5 Å². The number of nitrogens with zero attached hydrogens (tertiary/aromatic N) is 1. The van der Waals surface area contributed by atoms with E-state index in [2.05, 4.69) is 22.9 Å². The Balaban J connectivity index is 2.10. The Kier molecular flexibility index (Phi) is 4.88. The lowest BCUT2D eigenvalue weighted by atomic mass is 10.1. The highest BCUT2D eigenvalue weighted by molar-refractivity contribution is 9.10. The Labute approximate surface area is 125 Å². The van der Waals surface area contributed by atoms with Crippen molar-refractivity contribution < 1.29 is 18.7 Å². The van der Waals surface area contributed by atoms with Gasteiger partial charge in [-0.3, -0.25) is 9.59 Å². The normalized spacial score (nSPS) is 14.1. The van der Waals surface area contributed by atoms with Crippen LogP contribution in [-0.4, -0.2) is 31.4 Å². The lowest BCUT2D eigenvalue weighted by molar-refractivity contribution is -0.114. The first-order chi connectivity index (χ1) is 9.56. The Bertz CT molecular complexity index is 547. The van der Waals surface area contributed by atoms with Crippen LogP contribution in [0, 0.1) is 5.82 Å². The van der Waals surface area contributed by atoms with Crippen molar-refractivity contribution in [2.45, 2.75) is 19.8 Å². The molecule has 108 valence electrons. The summed E-state index contributed by atoms with van der Waals surface area (Å²) in [6, 6.07) is 2.55. The summed E-state index contributed by atoms with van der Waals surface area (Å²) in [7, 11) is 0. The zero-order valence-corrected chi connectivity index (χ0v) is 12.7. The Hall–Kier alpha value is -1.27. The number of ether oxygens (including phenoxy) is 1. The molecule has 1 heterocycles. The summed E-state index contributed by atoms with van der Waals surface area (Å²) in [5, 5.41) is 0. The van der Waals surface area contributed by atoms with E-state index in [0.717, 1.165) is 12.8 Å². The van der Waals surface area contributed by atoms with Crippen LogP contribution in [0.25, 0.3) is 0 Å². The highest BCUT2D eigenvalue weighted by Crippen LogP contribution is 2.33. The second kappa shape index (κ2) is 6.45. The van der Waals surface area contributed by atoms with Crippen LogP contribution >= 0.6 is 15.9 Å². The van der Waals surface area contributed by atoms with Gasteiger partial charge in [-0.25, -0.2) is 4.39 Å². The van der Waals surface area contributed by atoms with Gasteiger partial charge >= 0.3 is 0 Å². The summed E-state index contributed by atoms with van der Waals surface area (Å²) in [6.45, 7) is 3.26. The second-order valence-corrected chi connectivity index (χ2v) is 5.39. The molecule has 1 aromatic rings. The molecule has 2 rings (SSSR count). The topological polar surface area (TPSA) is 46.6 Å². The number of rotatable bonds is 6. The minimum Gasteiger partial charge on any atom is -0.380 e. The predicted molar refractivity (Wildman–Crippen MR) is 76.5 cm³/mol. The van der Waals surface area contributed by atoms with Crippen molar-refractivity contribution in [1.82, 2.24) is 0 Å². The number of halogens is 2. The molecule has 0 atom stereocenters. The van der Waals surface area contributed by atoms with Crippen molar-refractivity contribution in [3.8, 4) is 0 Å². The van der Waals surface area contributed by atoms with Crippen molar-refractivity contribution in [2.75, 3.05) is 24.7 Å². The molecule has 0 fully saturated rings. The number of amides is 1. The summed E-state index contributed by atoms with van der Waals surface area (Å²) in [4.78, 5) is 25.0. The van der Waals surface area contributed by atoms with Gasteiger partial charge in [0.15, 0.2) is 0 Å². The number of benzene rings is 1.